The van der Waals surface area contributed by atoms with E-state index in [4.69, 9.17) is 0 Å². The molecular formula is C24H25Br2N3OS. The SMILES string of the molecule is Cc1ccc(-n2c(C)c(Br)c(/C=N\NC(=O)CSCc3cccc(Br)c3)c2C)cc1C. The van der Waals surface area contributed by atoms with Gasteiger partial charge in [0.2, 0.25) is 5.91 Å². The van der Waals surface area contributed by atoms with Gasteiger partial charge in [-0.15, -0.1) is 11.8 Å². The van der Waals surface area contributed by atoms with E-state index in [1.807, 2.05) is 12.1 Å². The Hall–Kier alpha value is -1.83. The molecular weight excluding hydrogens is 538 g/mol. The Morgan fingerprint density at radius 1 is 1.06 bits per heavy atom. The number of hydrazone groups is 1. The first-order valence-electron chi connectivity index (χ1n) is 9.87. The van der Waals surface area contributed by atoms with Crippen LogP contribution in [0.5, 0.6) is 0 Å². The van der Waals surface area contributed by atoms with Gasteiger partial charge in [0.25, 0.3) is 0 Å². The van der Waals surface area contributed by atoms with Crippen molar-refractivity contribution >= 4 is 55.7 Å². The van der Waals surface area contributed by atoms with Gasteiger partial charge in [-0.2, -0.15) is 5.10 Å². The molecule has 3 aromatic rings. The summed E-state index contributed by atoms with van der Waals surface area (Å²) in [5.74, 6) is 1.02. The molecule has 0 atom stereocenters. The number of nitrogens with zero attached hydrogens (tertiary/aromatic N) is 2. The molecule has 2 aromatic carbocycles. The number of rotatable bonds is 7. The lowest BCUT2D eigenvalue weighted by Gasteiger charge is -2.11. The monoisotopic (exact) mass is 561 g/mol. The minimum absolute atomic E-state index is 0.115. The van der Waals surface area contributed by atoms with Gasteiger partial charge in [0, 0.05) is 37.3 Å². The molecule has 0 unspecified atom stereocenters. The largest absolute Gasteiger partial charge is 0.317 e. The van der Waals surface area contributed by atoms with Gasteiger partial charge >= 0.3 is 0 Å². The average molecular weight is 563 g/mol. The zero-order valence-electron chi connectivity index (χ0n) is 18.0. The highest BCUT2D eigenvalue weighted by atomic mass is 79.9. The molecule has 1 N–H and O–H groups in total. The fourth-order valence-electron chi connectivity index (χ4n) is 3.32. The molecule has 4 nitrogen and oxygen atoms in total. The summed E-state index contributed by atoms with van der Waals surface area (Å²) < 4.78 is 4.22. The number of hydrogen-bond acceptors (Lipinski definition) is 3. The Balaban J connectivity index is 1.64. The maximum Gasteiger partial charge on any atom is 0.250 e. The Kier molecular flexibility index (Phi) is 8.19. The predicted molar refractivity (Wildman–Crippen MR) is 138 cm³/mol. The van der Waals surface area contributed by atoms with Gasteiger partial charge < -0.3 is 4.57 Å². The van der Waals surface area contributed by atoms with Crippen LogP contribution in [0.25, 0.3) is 5.69 Å². The zero-order chi connectivity index (χ0) is 22.5. The number of nitrogens with one attached hydrogen (secondary N) is 1. The van der Waals surface area contributed by atoms with Crippen LogP contribution in [0, 0.1) is 27.7 Å². The van der Waals surface area contributed by atoms with Gasteiger partial charge in [-0.05, 0) is 84.6 Å². The van der Waals surface area contributed by atoms with E-state index in [1.54, 1.807) is 18.0 Å². The second kappa shape index (κ2) is 10.7. The number of carbonyl (C=O) groups excluding carboxylic acids is 1. The first kappa shape index (κ1) is 23.8. The minimum atomic E-state index is -0.115. The van der Waals surface area contributed by atoms with Crippen molar-refractivity contribution in [2.75, 3.05) is 5.75 Å². The van der Waals surface area contributed by atoms with Crippen molar-refractivity contribution < 1.29 is 4.79 Å². The quantitative estimate of drug-likeness (QED) is 0.260. The summed E-state index contributed by atoms with van der Waals surface area (Å²) in [4.78, 5) is 12.2. The number of halogens is 2. The molecule has 0 radical (unpaired) electrons. The van der Waals surface area contributed by atoms with E-state index in [1.165, 1.54) is 16.7 Å². The second-order valence-electron chi connectivity index (χ2n) is 7.42. The Bertz CT molecular complexity index is 1140. The van der Waals surface area contributed by atoms with E-state index in [0.717, 1.165) is 37.3 Å². The highest BCUT2D eigenvalue weighted by Gasteiger charge is 2.16. The predicted octanol–water partition coefficient (Wildman–Crippen LogP) is 6.62. The molecule has 3 rings (SSSR count). The number of benzene rings is 2. The summed E-state index contributed by atoms with van der Waals surface area (Å²) in [6.45, 7) is 8.36. The van der Waals surface area contributed by atoms with Crippen LogP contribution in [0.2, 0.25) is 0 Å². The van der Waals surface area contributed by atoms with Crippen molar-refractivity contribution in [2.24, 2.45) is 5.10 Å². The Morgan fingerprint density at radius 3 is 2.55 bits per heavy atom. The smallest absolute Gasteiger partial charge is 0.250 e. The summed E-state index contributed by atoms with van der Waals surface area (Å²) in [5.41, 5.74) is 10.6. The molecule has 1 heterocycles. The maximum absolute atomic E-state index is 12.2. The van der Waals surface area contributed by atoms with E-state index in [0.29, 0.717) is 5.75 Å². The zero-order valence-corrected chi connectivity index (χ0v) is 22.0. The molecule has 0 bridgehead atoms. The van der Waals surface area contributed by atoms with Crippen molar-refractivity contribution in [3.05, 3.63) is 85.1 Å². The van der Waals surface area contributed by atoms with Crippen LogP contribution in [0.3, 0.4) is 0 Å². The van der Waals surface area contributed by atoms with Crippen LogP contribution in [0.1, 0.15) is 33.6 Å². The average Bonchev–Trinajstić information content (AvgIpc) is 2.93. The highest BCUT2D eigenvalue weighted by molar-refractivity contribution is 9.10. The summed E-state index contributed by atoms with van der Waals surface area (Å²) >= 11 is 8.72. The normalized spacial score (nSPS) is 11.3. The van der Waals surface area contributed by atoms with Crippen molar-refractivity contribution in [3.63, 3.8) is 0 Å². The topological polar surface area (TPSA) is 46.4 Å². The van der Waals surface area contributed by atoms with E-state index in [-0.39, 0.29) is 5.91 Å². The molecule has 0 fully saturated rings. The first-order chi connectivity index (χ1) is 14.8. The molecule has 0 saturated carbocycles. The minimum Gasteiger partial charge on any atom is -0.317 e. The standard InChI is InChI=1S/C24H25Br2N3OS/c1-15-8-9-21(10-16(15)2)29-17(3)22(24(26)18(29)4)12-27-28-23(30)14-31-13-19-6-5-7-20(25)11-19/h5-12H,13-14H2,1-4H3,(H,28,30)/b27-12-. The van der Waals surface area contributed by atoms with Crippen molar-refractivity contribution in [2.45, 2.75) is 33.4 Å². The van der Waals surface area contributed by atoms with Crippen molar-refractivity contribution in [3.8, 4) is 5.69 Å². The number of amides is 1. The molecule has 31 heavy (non-hydrogen) atoms. The van der Waals surface area contributed by atoms with Crippen LogP contribution in [0.15, 0.2) is 56.5 Å². The molecule has 1 amide bonds. The number of hydrogen-bond donors (Lipinski definition) is 1. The van der Waals surface area contributed by atoms with E-state index < -0.39 is 0 Å². The lowest BCUT2D eigenvalue weighted by molar-refractivity contribution is -0.118. The third-order valence-corrected chi connectivity index (χ3v) is 7.64. The van der Waals surface area contributed by atoms with E-state index in [2.05, 4.69) is 105 Å². The Labute approximate surface area is 204 Å². The van der Waals surface area contributed by atoms with Crippen molar-refractivity contribution in [1.29, 1.82) is 0 Å². The Morgan fingerprint density at radius 2 is 1.84 bits per heavy atom. The maximum atomic E-state index is 12.2. The summed E-state index contributed by atoms with van der Waals surface area (Å²) in [6, 6.07) is 14.5. The van der Waals surface area contributed by atoms with E-state index >= 15 is 0 Å². The molecule has 0 saturated heterocycles. The van der Waals surface area contributed by atoms with Gasteiger partial charge in [-0.1, -0.05) is 34.1 Å². The summed E-state index contributed by atoms with van der Waals surface area (Å²) in [5, 5.41) is 4.19. The van der Waals surface area contributed by atoms with Gasteiger partial charge in [0.15, 0.2) is 0 Å². The van der Waals surface area contributed by atoms with Crippen molar-refractivity contribution in [1.82, 2.24) is 9.99 Å². The number of aromatic nitrogens is 1. The third kappa shape index (κ3) is 5.90. The fourth-order valence-corrected chi connectivity index (χ4v) is 5.10. The number of carbonyl (C=O) groups is 1. The van der Waals surface area contributed by atoms with Crippen LogP contribution in [0.4, 0.5) is 0 Å². The van der Waals surface area contributed by atoms with Gasteiger partial charge in [-0.3, -0.25) is 4.79 Å². The molecule has 0 aliphatic rings. The molecule has 0 aliphatic carbocycles. The molecule has 7 heteroatoms. The van der Waals surface area contributed by atoms with Crippen LogP contribution in [-0.2, 0) is 10.5 Å². The first-order valence-corrected chi connectivity index (χ1v) is 12.6. The van der Waals surface area contributed by atoms with Gasteiger partial charge in [-0.25, -0.2) is 5.43 Å². The molecule has 0 spiro atoms. The number of thioether (sulfide) groups is 1. The number of aryl methyl sites for hydroxylation is 2. The molecule has 1 aromatic heterocycles. The fraction of sp³-hybridized carbons (Fsp3) is 0.250. The molecule has 0 aliphatic heterocycles. The second-order valence-corrected chi connectivity index (χ2v) is 10.1. The molecule has 162 valence electrons. The highest BCUT2D eigenvalue weighted by Crippen LogP contribution is 2.30. The lowest BCUT2D eigenvalue weighted by atomic mass is 10.1. The van der Waals surface area contributed by atoms with E-state index in [9.17, 15) is 4.79 Å². The van der Waals surface area contributed by atoms with Crippen LogP contribution >= 0.6 is 43.6 Å². The lowest BCUT2D eigenvalue weighted by Crippen LogP contribution is -2.19. The van der Waals surface area contributed by atoms with Gasteiger partial charge in [0.05, 0.1) is 12.0 Å². The third-order valence-electron chi connectivity index (χ3n) is 5.14. The van der Waals surface area contributed by atoms with Gasteiger partial charge in [0.1, 0.15) is 0 Å². The summed E-state index contributed by atoms with van der Waals surface area (Å²) in [7, 11) is 0. The van der Waals surface area contributed by atoms with Crippen LogP contribution < -0.4 is 5.43 Å². The van der Waals surface area contributed by atoms with Crippen LogP contribution in [-0.4, -0.2) is 22.4 Å². The summed E-state index contributed by atoms with van der Waals surface area (Å²) in [6.07, 6.45) is 1.71.